The second-order valence-electron chi connectivity index (χ2n) is 6.53. The zero-order chi connectivity index (χ0) is 21.1. The Labute approximate surface area is 182 Å². The van der Waals surface area contributed by atoms with Gasteiger partial charge in [0.05, 0.1) is 11.4 Å². The van der Waals surface area contributed by atoms with Crippen LogP contribution in [0.3, 0.4) is 0 Å². The Hall–Kier alpha value is -2.75. The van der Waals surface area contributed by atoms with E-state index in [0.717, 1.165) is 10.4 Å². The number of fused-ring (bicyclic) bond motifs is 1. The molecule has 154 valence electrons. The molecule has 0 fully saturated rings. The average molecular weight is 461 g/mol. The molecule has 1 aliphatic rings. The predicted molar refractivity (Wildman–Crippen MR) is 118 cm³/mol. The first-order valence-corrected chi connectivity index (χ1v) is 11.7. The molecular formula is C20H17ClN4O3S2. The van der Waals surface area contributed by atoms with Gasteiger partial charge in [-0.25, -0.2) is 13.4 Å². The van der Waals surface area contributed by atoms with Gasteiger partial charge in [0.25, 0.3) is 10.0 Å². The maximum atomic E-state index is 12.2. The van der Waals surface area contributed by atoms with Crippen molar-refractivity contribution in [3.63, 3.8) is 0 Å². The number of benzene rings is 2. The van der Waals surface area contributed by atoms with Gasteiger partial charge in [-0.3, -0.25) is 14.5 Å². The van der Waals surface area contributed by atoms with Crippen LogP contribution < -0.4 is 10.0 Å². The number of carbonyl (C=O) groups is 1. The molecule has 0 bridgehead atoms. The summed E-state index contributed by atoms with van der Waals surface area (Å²) in [4.78, 5) is 21.9. The van der Waals surface area contributed by atoms with Crippen LogP contribution in [0.4, 0.5) is 5.13 Å². The van der Waals surface area contributed by atoms with Crippen LogP contribution in [0, 0.1) is 0 Å². The first-order chi connectivity index (χ1) is 14.4. The molecule has 2 aromatic carbocycles. The van der Waals surface area contributed by atoms with E-state index < -0.39 is 10.0 Å². The molecule has 30 heavy (non-hydrogen) atoms. The van der Waals surface area contributed by atoms with Gasteiger partial charge in [0.2, 0.25) is 5.91 Å². The number of aliphatic imine (C=N–C) groups is 1. The molecule has 1 aliphatic heterocycles. The Morgan fingerprint density at radius 2 is 1.93 bits per heavy atom. The zero-order valence-electron chi connectivity index (χ0n) is 15.6. The highest BCUT2D eigenvalue weighted by Crippen LogP contribution is 2.25. The van der Waals surface area contributed by atoms with Crippen molar-refractivity contribution in [3.05, 3.63) is 75.8 Å². The maximum absolute atomic E-state index is 12.2. The summed E-state index contributed by atoms with van der Waals surface area (Å²) in [5.74, 6) is 0.0156. The molecule has 0 unspecified atom stereocenters. The van der Waals surface area contributed by atoms with Gasteiger partial charge in [-0.15, -0.1) is 11.3 Å². The molecule has 0 saturated heterocycles. The maximum Gasteiger partial charge on any atom is 0.263 e. The van der Waals surface area contributed by atoms with Crippen molar-refractivity contribution in [2.75, 3.05) is 11.9 Å². The second kappa shape index (κ2) is 8.55. The third kappa shape index (κ3) is 4.53. The number of anilines is 1. The number of halogens is 1. The standard InChI is InChI=1S/C20H17ClN4O3S2/c21-16-7-3-1-5-13(16)11-14-12-23-20(29-14)24-18(26)9-10-22-19-15-6-2-4-8-17(15)30(27,28)25-19/h1-8,12H,9-11H2,(H,22,25)(H,23,24,26). The van der Waals surface area contributed by atoms with E-state index in [0.29, 0.717) is 22.1 Å². The lowest BCUT2D eigenvalue weighted by molar-refractivity contribution is -0.116. The van der Waals surface area contributed by atoms with Crippen molar-refractivity contribution in [1.29, 1.82) is 0 Å². The molecule has 0 aliphatic carbocycles. The fourth-order valence-corrected chi connectivity index (χ4v) is 5.28. The van der Waals surface area contributed by atoms with Crippen LogP contribution in [-0.2, 0) is 21.2 Å². The summed E-state index contributed by atoms with van der Waals surface area (Å²) >= 11 is 7.57. The van der Waals surface area contributed by atoms with Crippen LogP contribution in [-0.4, -0.2) is 31.7 Å². The number of amides is 1. The molecule has 2 heterocycles. The quantitative estimate of drug-likeness (QED) is 0.588. The minimum absolute atomic E-state index is 0.104. The SMILES string of the molecule is O=C(CCN=C1NS(=O)(=O)c2ccccc21)Nc1ncc(Cc2ccccc2Cl)s1. The molecule has 7 nitrogen and oxygen atoms in total. The van der Waals surface area contributed by atoms with Crippen molar-refractivity contribution in [2.24, 2.45) is 4.99 Å². The Morgan fingerprint density at radius 1 is 1.17 bits per heavy atom. The van der Waals surface area contributed by atoms with Gasteiger partial charge >= 0.3 is 0 Å². The van der Waals surface area contributed by atoms with Crippen molar-refractivity contribution < 1.29 is 13.2 Å². The summed E-state index contributed by atoms with van der Waals surface area (Å²) in [6.07, 6.45) is 2.46. The molecule has 0 atom stereocenters. The largest absolute Gasteiger partial charge is 0.302 e. The van der Waals surface area contributed by atoms with E-state index in [1.54, 1.807) is 24.4 Å². The Morgan fingerprint density at radius 3 is 2.77 bits per heavy atom. The summed E-state index contributed by atoms with van der Waals surface area (Å²) in [5.41, 5.74) is 1.51. The van der Waals surface area contributed by atoms with Gasteiger partial charge in [-0.1, -0.05) is 41.9 Å². The summed E-state index contributed by atoms with van der Waals surface area (Å²) in [6.45, 7) is 0.149. The molecule has 0 radical (unpaired) electrons. The lowest BCUT2D eigenvalue weighted by Gasteiger charge is -2.02. The minimum Gasteiger partial charge on any atom is -0.302 e. The fraction of sp³-hybridized carbons (Fsp3) is 0.150. The first-order valence-electron chi connectivity index (χ1n) is 9.07. The minimum atomic E-state index is -3.58. The third-order valence-electron chi connectivity index (χ3n) is 4.39. The fourth-order valence-electron chi connectivity index (χ4n) is 2.98. The monoisotopic (exact) mass is 460 g/mol. The van der Waals surface area contributed by atoms with E-state index in [2.05, 4.69) is 20.0 Å². The Bertz CT molecular complexity index is 1240. The van der Waals surface area contributed by atoms with Crippen LogP contribution in [0.1, 0.15) is 22.4 Å². The second-order valence-corrected chi connectivity index (χ2v) is 9.70. The number of sulfonamides is 1. The van der Waals surface area contributed by atoms with Crippen molar-refractivity contribution in [1.82, 2.24) is 9.71 Å². The average Bonchev–Trinajstić information content (AvgIpc) is 3.25. The smallest absolute Gasteiger partial charge is 0.263 e. The number of aromatic nitrogens is 1. The summed E-state index contributed by atoms with van der Waals surface area (Å²) in [6, 6.07) is 14.2. The first kappa shape index (κ1) is 20.5. The molecule has 0 saturated carbocycles. The third-order valence-corrected chi connectivity index (χ3v) is 7.07. The number of carbonyl (C=O) groups excluding carboxylic acids is 1. The Kier molecular flexibility index (Phi) is 5.85. The van der Waals surface area contributed by atoms with Gasteiger partial charge in [-0.2, -0.15) is 0 Å². The van der Waals surface area contributed by atoms with Crippen LogP contribution >= 0.6 is 22.9 Å². The van der Waals surface area contributed by atoms with E-state index >= 15 is 0 Å². The van der Waals surface area contributed by atoms with Gasteiger partial charge < -0.3 is 5.32 Å². The van der Waals surface area contributed by atoms with E-state index in [1.807, 2.05) is 24.3 Å². The van der Waals surface area contributed by atoms with E-state index in [9.17, 15) is 13.2 Å². The number of hydrogen-bond donors (Lipinski definition) is 2. The number of nitrogens with one attached hydrogen (secondary N) is 2. The van der Waals surface area contributed by atoms with Crippen LogP contribution in [0.2, 0.25) is 5.02 Å². The Balaban J connectivity index is 1.34. The molecule has 1 amide bonds. The molecule has 0 spiro atoms. The number of nitrogens with zero attached hydrogens (tertiary/aromatic N) is 2. The highest BCUT2D eigenvalue weighted by molar-refractivity contribution is 7.90. The lowest BCUT2D eigenvalue weighted by atomic mass is 10.1. The van der Waals surface area contributed by atoms with Crippen LogP contribution in [0.25, 0.3) is 0 Å². The summed E-state index contributed by atoms with van der Waals surface area (Å²) in [7, 11) is -3.58. The molecule has 10 heteroatoms. The van der Waals surface area contributed by atoms with Gasteiger partial charge in [-0.05, 0) is 23.8 Å². The van der Waals surface area contributed by atoms with Crippen molar-refractivity contribution >= 4 is 49.8 Å². The van der Waals surface area contributed by atoms with Crippen molar-refractivity contribution in [2.45, 2.75) is 17.7 Å². The highest BCUT2D eigenvalue weighted by atomic mass is 35.5. The summed E-state index contributed by atoms with van der Waals surface area (Å²) in [5, 5.41) is 3.95. The highest BCUT2D eigenvalue weighted by Gasteiger charge is 2.29. The summed E-state index contributed by atoms with van der Waals surface area (Å²) < 4.78 is 26.6. The molecule has 3 aromatic rings. The van der Waals surface area contributed by atoms with Crippen LogP contribution in [0.5, 0.6) is 0 Å². The van der Waals surface area contributed by atoms with Crippen LogP contribution in [0.15, 0.2) is 64.6 Å². The van der Waals surface area contributed by atoms with E-state index in [4.69, 9.17) is 11.6 Å². The van der Waals surface area contributed by atoms with Gasteiger partial charge in [0.15, 0.2) is 5.13 Å². The molecule has 4 rings (SSSR count). The zero-order valence-corrected chi connectivity index (χ0v) is 18.0. The molecule has 2 N–H and O–H groups in total. The number of hydrogen-bond acceptors (Lipinski definition) is 6. The van der Waals surface area contributed by atoms with E-state index in [1.165, 1.54) is 17.4 Å². The number of rotatable bonds is 6. The normalized spacial score (nSPS) is 15.6. The predicted octanol–water partition coefficient (Wildman–Crippen LogP) is 3.45. The molecule has 1 aromatic heterocycles. The van der Waals surface area contributed by atoms with Gasteiger partial charge in [0.1, 0.15) is 5.84 Å². The van der Waals surface area contributed by atoms with Gasteiger partial charge in [0, 0.05) is 34.5 Å². The van der Waals surface area contributed by atoms with Crippen molar-refractivity contribution in [3.8, 4) is 0 Å². The number of amidine groups is 1. The topological polar surface area (TPSA) is 101 Å². The van der Waals surface area contributed by atoms with E-state index in [-0.39, 0.29) is 29.6 Å². The lowest BCUT2D eigenvalue weighted by Crippen LogP contribution is -2.23. The molecular weight excluding hydrogens is 444 g/mol. The number of thiazole rings is 1.